The van der Waals surface area contributed by atoms with E-state index in [0.717, 1.165) is 6.26 Å². The van der Waals surface area contributed by atoms with Gasteiger partial charge in [-0.25, -0.2) is 13.2 Å². The molecule has 0 heterocycles. The number of carbonyl (C=O) groups is 1. The summed E-state index contributed by atoms with van der Waals surface area (Å²) in [6.45, 7) is 0. The summed E-state index contributed by atoms with van der Waals surface area (Å²) in [6, 6.07) is 6.28. The van der Waals surface area contributed by atoms with E-state index in [-0.39, 0.29) is 5.97 Å². The van der Waals surface area contributed by atoms with E-state index in [1.54, 1.807) is 30.3 Å². The van der Waals surface area contributed by atoms with Gasteiger partial charge in [0.05, 0.1) is 6.26 Å². The summed E-state index contributed by atoms with van der Waals surface area (Å²) in [4.78, 5) is 12.0. The predicted octanol–water partition coefficient (Wildman–Crippen LogP) is 2.71. The molecule has 5 nitrogen and oxygen atoms in total. The van der Waals surface area contributed by atoms with E-state index in [1.807, 2.05) is 0 Å². The maximum Gasteiger partial charge on any atom is 0.336 e. The molecule has 1 aromatic rings. The molecule has 1 aromatic carbocycles. The summed E-state index contributed by atoms with van der Waals surface area (Å²) >= 11 is 0. The third-order valence-corrected chi connectivity index (χ3v) is 4.36. The van der Waals surface area contributed by atoms with Crippen molar-refractivity contribution in [1.29, 1.82) is 0 Å². The summed E-state index contributed by atoms with van der Waals surface area (Å²) in [5, 5.41) is 0. The molecule has 1 N–H and O–H groups in total. The lowest BCUT2D eigenvalue weighted by Gasteiger charge is -2.07. The number of allylic oxidation sites excluding steroid dienone is 1. The molecule has 2 saturated carbocycles. The number of ether oxygens (including phenoxy) is 1. The van der Waals surface area contributed by atoms with Gasteiger partial charge in [0.2, 0.25) is 10.0 Å². The molecule has 0 atom stereocenters. The molecule has 0 unspecified atom stereocenters. The minimum Gasteiger partial charge on any atom is -0.423 e. The second kappa shape index (κ2) is 5.76. The van der Waals surface area contributed by atoms with E-state index in [2.05, 4.69) is 4.72 Å². The molecule has 2 fully saturated rings. The van der Waals surface area contributed by atoms with Gasteiger partial charge < -0.3 is 4.74 Å². The number of hydrogen-bond donors (Lipinski definition) is 1. The van der Waals surface area contributed by atoms with Gasteiger partial charge >= 0.3 is 5.97 Å². The van der Waals surface area contributed by atoms with Crippen molar-refractivity contribution in [3.05, 3.63) is 35.9 Å². The molecule has 0 bridgehead atoms. The number of anilines is 1. The fourth-order valence-corrected chi connectivity index (χ4v) is 3.05. The first-order valence-electron chi connectivity index (χ1n) is 7.42. The Balaban J connectivity index is 1.62. The van der Waals surface area contributed by atoms with Crippen molar-refractivity contribution < 1.29 is 17.9 Å². The van der Waals surface area contributed by atoms with Crippen LogP contribution in [0.25, 0.3) is 0 Å². The van der Waals surface area contributed by atoms with Gasteiger partial charge in [-0.15, -0.1) is 0 Å². The van der Waals surface area contributed by atoms with E-state index in [1.165, 1.54) is 31.3 Å². The van der Waals surface area contributed by atoms with Gasteiger partial charge in [0, 0.05) is 11.8 Å². The molecule has 0 aliphatic heterocycles. The molecule has 0 saturated heterocycles. The van der Waals surface area contributed by atoms with Gasteiger partial charge in [-0.1, -0.05) is 5.57 Å². The Morgan fingerprint density at radius 2 is 1.68 bits per heavy atom. The molecule has 0 spiro atoms. The fourth-order valence-electron chi connectivity index (χ4n) is 2.49. The maximum absolute atomic E-state index is 12.0. The van der Waals surface area contributed by atoms with Crippen LogP contribution in [-0.4, -0.2) is 20.6 Å². The summed E-state index contributed by atoms with van der Waals surface area (Å²) in [7, 11) is -3.30. The first-order chi connectivity index (χ1) is 10.4. The number of esters is 1. The highest BCUT2D eigenvalue weighted by atomic mass is 32.2. The number of sulfonamides is 1. The van der Waals surface area contributed by atoms with E-state index in [9.17, 15) is 13.2 Å². The predicted molar refractivity (Wildman–Crippen MR) is 84.1 cm³/mol. The van der Waals surface area contributed by atoms with Crippen LogP contribution >= 0.6 is 0 Å². The van der Waals surface area contributed by atoms with E-state index < -0.39 is 10.0 Å². The van der Waals surface area contributed by atoms with Gasteiger partial charge in [0.25, 0.3) is 0 Å². The minimum absolute atomic E-state index is 0.349. The van der Waals surface area contributed by atoms with E-state index >= 15 is 0 Å². The van der Waals surface area contributed by atoms with Crippen molar-refractivity contribution in [2.45, 2.75) is 25.7 Å². The maximum atomic E-state index is 12.0. The first kappa shape index (κ1) is 15.1. The number of nitrogens with one attached hydrogen (secondary N) is 1. The van der Waals surface area contributed by atoms with Crippen LogP contribution < -0.4 is 9.46 Å². The monoisotopic (exact) mass is 321 g/mol. The van der Waals surface area contributed by atoms with Crippen molar-refractivity contribution in [2.24, 2.45) is 11.8 Å². The van der Waals surface area contributed by atoms with Crippen LogP contribution in [0.2, 0.25) is 0 Å². The molecule has 2 aliphatic rings. The lowest BCUT2D eigenvalue weighted by atomic mass is 10.1. The Hall–Kier alpha value is -1.82. The zero-order chi connectivity index (χ0) is 15.7. The van der Waals surface area contributed by atoms with Crippen LogP contribution in [0.15, 0.2) is 35.9 Å². The SMILES string of the molecule is CS(=O)(=O)Nc1ccc(OC(=O)C=C(C2CC2)C2CC2)cc1. The second-order valence-corrected chi connectivity index (χ2v) is 7.76. The Labute approximate surface area is 130 Å². The average Bonchev–Trinajstić information content (AvgIpc) is 3.29. The van der Waals surface area contributed by atoms with Gasteiger partial charge in [-0.2, -0.15) is 0 Å². The van der Waals surface area contributed by atoms with Gasteiger partial charge in [0.1, 0.15) is 5.75 Å². The molecule has 0 aromatic heterocycles. The molecule has 3 rings (SSSR count). The molecule has 2 aliphatic carbocycles. The largest absolute Gasteiger partial charge is 0.423 e. The van der Waals surface area contributed by atoms with Gasteiger partial charge in [-0.05, 0) is 61.8 Å². The smallest absolute Gasteiger partial charge is 0.336 e. The van der Waals surface area contributed by atoms with Crippen LogP contribution in [0, 0.1) is 11.8 Å². The Bertz CT molecular complexity index is 684. The number of benzene rings is 1. The van der Waals surface area contributed by atoms with Crippen LogP contribution in [-0.2, 0) is 14.8 Å². The topological polar surface area (TPSA) is 72.5 Å². The third kappa shape index (κ3) is 4.34. The normalized spacial score (nSPS) is 17.7. The van der Waals surface area contributed by atoms with E-state index in [0.29, 0.717) is 23.3 Å². The Morgan fingerprint density at radius 1 is 1.14 bits per heavy atom. The molecule has 0 amide bonds. The molecular formula is C16H19NO4S. The van der Waals surface area contributed by atoms with Crippen LogP contribution in [0.3, 0.4) is 0 Å². The third-order valence-electron chi connectivity index (χ3n) is 3.76. The average molecular weight is 321 g/mol. The minimum atomic E-state index is -3.30. The highest BCUT2D eigenvalue weighted by Gasteiger charge is 2.36. The fraction of sp³-hybridized carbons (Fsp3) is 0.438. The van der Waals surface area contributed by atoms with Crippen LogP contribution in [0.1, 0.15) is 25.7 Å². The Morgan fingerprint density at radius 3 is 2.14 bits per heavy atom. The summed E-state index contributed by atoms with van der Waals surface area (Å²) in [6.07, 6.45) is 7.47. The van der Waals surface area contributed by atoms with Crippen molar-refractivity contribution in [3.63, 3.8) is 0 Å². The van der Waals surface area contributed by atoms with E-state index in [4.69, 9.17) is 4.74 Å². The number of carbonyl (C=O) groups excluding carboxylic acids is 1. The number of hydrogen-bond acceptors (Lipinski definition) is 4. The first-order valence-corrected chi connectivity index (χ1v) is 9.31. The summed E-state index contributed by atoms with van der Waals surface area (Å²) < 4.78 is 29.9. The zero-order valence-electron chi connectivity index (χ0n) is 12.4. The molecule has 118 valence electrons. The Kier molecular flexibility index (Phi) is 3.95. The highest BCUT2D eigenvalue weighted by Crippen LogP contribution is 2.48. The van der Waals surface area contributed by atoms with Crippen molar-refractivity contribution >= 4 is 21.7 Å². The van der Waals surface area contributed by atoms with Crippen molar-refractivity contribution in [2.75, 3.05) is 11.0 Å². The molecule has 0 radical (unpaired) electrons. The van der Waals surface area contributed by atoms with Crippen LogP contribution in [0.5, 0.6) is 5.75 Å². The quantitative estimate of drug-likeness (QED) is 0.497. The standard InChI is InChI=1S/C16H19NO4S/c1-22(19,20)17-13-6-8-14(9-7-13)21-16(18)10-15(11-2-3-11)12-4-5-12/h6-12,17H,2-5H2,1H3. The lowest BCUT2D eigenvalue weighted by molar-refractivity contribution is -0.129. The highest BCUT2D eigenvalue weighted by molar-refractivity contribution is 7.92. The van der Waals surface area contributed by atoms with Crippen LogP contribution in [0.4, 0.5) is 5.69 Å². The second-order valence-electron chi connectivity index (χ2n) is 6.01. The zero-order valence-corrected chi connectivity index (χ0v) is 13.2. The lowest BCUT2D eigenvalue weighted by Crippen LogP contribution is -2.10. The molecule has 6 heteroatoms. The summed E-state index contributed by atoms with van der Waals surface area (Å²) in [5.41, 5.74) is 1.69. The van der Waals surface area contributed by atoms with Crippen molar-refractivity contribution in [1.82, 2.24) is 0 Å². The number of rotatable bonds is 6. The summed E-state index contributed by atoms with van der Waals surface area (Å²) in [5.74, 6) is 1.23. The molecular weight excluding hydrogens is 302 g/mol. The van der Waals surface area contributed by atoms with Gasteiger partial charge in [-0.3, -0.25) is 4.72 Å². The van der Waals surface area contributed by atoms with Gasteiger partial charge in [0.15, 0.2) is 0 Å². The van der Waals surface area contributed by atoms with Crippen molar-refractivity contribution in [3.8, 4) is 5.75 Å². The molecule has 22 heavy (non-hydrogen) atoms.